The number of hydrogen-bond donors (Lipinski definition) is 0. The van der Waals surface area contributed by atoms with Gasteiger partial charge in [-0.25, -0.2) is 9.67 Å². The van der Waals surface area contributed by atoms with Crippen LogP contribution in [0, 0.1) is 10.5 Å². The quantitative estimate of drug-likeness (QED) is 0.752. The number of halogens is 1. The van der Waals surface area contributed by atoms with Crippen LogP contribution in [0.1, 0.15) is 5.56 Å². The van der Waals surface area contributed by atoms with Gasteiger partial charge in [-0.05, 0) is 41.1 Å². The molecule has 0 atom stereocenters. The van der Waals surface area contributed by atoms with E-state index in [2.05, 4.69) is 32.7 Å². The van der Waals surface area contributed by atoms with Crippen molar-refractivity contribution in [3.63, 3.8) is 0 Å². The van der Waals surface area contributed by atoms with Gasteiger partial charge in [0.1, 0.15) is 0 Å². The smallest absolute Gasteiger partial charge is 0.153 e. The fraction of sp³-hybridized carbons (Fsp3) is 0.111. The van der Waals surface area contributed by atoms with Crippen molar-refractivity contribution < 1.29 is 0 Å². The number of aryl methyl sites for hydroxylation is 1. The Balaban J connectivity index is 2.41. The summed E-state index contributed by atoms with van der Waals surface area (Å²) < 4.78 is 2.88. The molecule has 66 valence electrons. The topological polar surface area (TPSA) is 30.7 Å². The van der Waals surface area contributed by atoms with E-state index in [0.717, 1.165) is 15.0 Å². The monoisotopic (exact) mass is 285 g/mol. The summed E-state index contributed by atoms with van der Waals surface area (Å²) in [4.78, 5) is 4.26. The fourth-order valence-electron chi connectivity index (χ4n) is 1.02. The van der Waals surface area contributed by atoms with Crippen LogP contribution in [0.15, 0.2) is 30.7 Å². The lowest BCUT2D eigenvalue weighted by Gasteiger charge is -1.98. The van der Waals surface area contributed by atoms with Gasteiger partial charge >= 0.3 is 0 Å². The van der Waals surface area contributed by atoms with Crippen molar-refractivity contribution >= 4 is 22.6 Å². The van der Waals surface area contributed by atoms with Crippen LogP contribution < -0.4 is 0 Å². The maximum atomic E-state index is 4.26. The van der Waals surface area contributed by atoms with E-state index >= 15 is 0 Å². The summed E-state index contributed by atoms with van der Waals surface area (Å²) in [7, 11) is 0. The van der Waals surface area contributed by atoms with E-state index in [4.69, 9.17) is 0 Å². The average Bonchev–Trinajstić information content (AvgIpc) is 2.53. The Morgan fingerprint density at radius 1 is 1.31 bits per heavy atom. The largest absolute Gasteiger partial charge is 0.237 e. The third-order valence-corrected chi connectivity index (χ3v) is 2.24. The van der Waals surface area contributed by atoms with Crippen LogP contribution in [0.25, 0.3) is 5.82 Å². The molecule has 13 heavy (non-hydrogen) atoms. The third-order valence-electron chi connectivity index (χ3n) is 1.68. The summed E-state index contributed by atoms with van der Waals surface area (Å²) in [6.45, 7) is 2.02. The van der Waals surface area contributed by atoms with Crippen LogP contribution in [-0.4, -0.2) is 14.8 Å². The van der Waals surface area contributed by atoms with E-state index in [9.17, 15) is 0 Å². The Morgan fingerprint density at radius 2 is 2.15 bits per heavy atom. The minimum absolute atomic E-state index is 0.855. The maximum absolute atomic E-state index is 4.26. The molecule has 2 rings (SSSR count). The first-order chi connectivity index (χ1) is 6.25. The number of hydrogen-bond acceptors (Lipinski definition) is 2. The van der Waals surface area contributed by atoms with E-state index in [1.54, 1.807) is 4.68 Å². The Hall–Kier alpha value is -0.910. The maximum Gasteiger partial charge on any atom is 0.153 e. The normalized spacial score (nSPS) is 10.3. The number of rotatable bonds is 1. The van der Waals surface area contributed by atoms with Crippen LogP contribution in [0.4, 0.5) is 0 Å². The molecule has 0 unspecified atom stereocenters. The highest BCUT2D eigenvalue weighted by atomic mass is 127. The summed E-state index contributed by atoms with van der Waals surface area (Å²) in [5.74, 6) is 0.855. The molecular weight excluding hydrogens is 277 g/mol. The standard InChI is InChI=1S/C9H8IN3/c1-7-2-3-9(11-4-7)13-6-8(10)5-12-13/h2-6H,1H3. The number of nitrogens with zero attached hydrogens (tertiary/aromatic N) is 3. The molecule has 4 heteroatoms. The van der Waals surface area contributed by atoms with Gasteiger partial charge in [-0.15, -0.1) is 0 Å². The zero-order valence-corrected chi connectivity index (χ0v) is 9.26. The first-order valence-electron chi connectivity index (χ1n) is 3.89. The van der Waals surface area contributed by atoms with Gasteiger partial charge in [0.05, 0.1) is 9.77 Å². The lowest BCUT2D eigenvalue weighted by Crippen LogP contribution is -1.96. The molecule has 2 aromatic heterocycles. The van der Waals surface area contributed by atoms with Crippen LogP contribution in [0.2, 0.25) is 0 Å². The highest BCUT2D eigenvalue weighted by Gasteiger charge is 1.98. The average molecular weight is 285 g/mol. The predicted octanol–water partition coefficient (Wildman–Crippen LogP) is 2.18. The Morgan fingerprint density at radius 3 is 2.69 bits per heavy atom. The van der Waals surface area contributed by atoms with Crippen molar-refractivity contribution in [3.8, 4) is 5.82 Å². The van der Waals surface area contributed by atoms with Crippen molar-refractivity contribution in [3.05, 3.63) is 39.9 Å². The van der Waals surface area contributed by atoms with Crippen molar-refractivity contribution in [1.82, 2.24) is 14.8 Å². The van der Waals surface area contributed by atoms with Gasteiger partial charge < -0.3 is 0 Å². The third kappa shape index (κ3) is 1.88. The molecular formula is C9H8IN3. The van der Waals surface area contributed by atoms with Crippen LogP contribution in [0.5, 0.6) is 0 Å². The van der Waals surface area contributed by atoms with Crippen molar-refractivity contribution in [2.24, 2.45) is 0 Å². The van der Waals surface area contributed by atoms with E-state index in [0.29, 0.717) is 0 Å². The lowest BCUT2D eigenvalue weighted by atomic mass is 10.3. The van der Waals surface area contributed by atoms with E-state index in [1.807, 2.05) is 37.6 Å². The summed E-state index contributed by atoms with van der Waals surface area (Å²) >= 11 is 2.22. The van der Waals surface area contributed by atoms with Gasteiger partial charge in [0.25, 0.3) is 0 Å². The SMILES string of the molecule is Cc1ccc(-n2cc(I)cn2)nc1. The minimum Gasteiger partial charge on any atom is -0.237 e. The summed E-state index contributed by atoms with van der Waals surface area (Å²) in [6, 6.07) is 3.98. The first kappa shape index (κ1) is 8.68. The van der Waals surface area contributed by atoms with Gasteiger partial charge in [0.15, 0.2) is 5.82 Å². The predicted molar refractivity (Wildman–Crippen MR) is 58.8 cm³/mol. The zero-order valence-electron chi connectivity index (χ0n) is 7.11. The van der Waals surface area contributed by atoms with Gasteiger partial charge in [-0.2, -0.15) is 5.10 Å². The van der Waals surface area contributed by atoms with Crippen LogP contribution in [-0.2, 0) is 0 Å². The molecule has 0 saturated heterocycles. The first-order valence-corrected chi connectivity index (χ1v) is 4.97. The zero-order chi connectivity index (χ0) is 9.26. The van der Waals surface area contributed by atoms with E-state index < -0.39 is 0 Å². The van der Waals surface area contributed by atoms with Gasteiger partial charge in [0.2, 0.25) is 0 Å². The molecule has 0 radical (unpaired) electrons. The molecule has 0 spiro atoms. The summed E-state index contributed by atoms with van der Waals surface area (Å²) in [6.07, 6.45) is 5.59. The van der Waals surface area contributed by atoms with Crippen molar-refractivity contribution in [1.29, 1.82) is 0 Å². The Bertz CT molecular complexity index is 405. The van der Waals surface area contributed by atoms with E-state index in [1.165, 1.54) is 0 Å². The molecule has 0 amide bonds. The van der Waals surface area contributed by atoms with E-state index in [-0.39, 0.29) is 0 Å². The molecule has 3 nitrogen and oxygen atoms in total. The second kappa shape index (κ2) is 3.45. The molecule has 0 aliphatic heterocycles. The molecule has 0 aliphatic rings. The van der Waals surface area contributed by atoms with Gasteiger partial charge in [0, 0.05) is 12.4 Å². The molecule has 0 fully saturated rings. The van der Waals surface area contributed by atoms with Crippen molar-refractivity contribution in [2.45, 2.75) is 6.92 Å². The number of pyridine rings is 1. The molecule has 0 bridgehead atoms. The molecule has 0 saturated carbocycles. The highest BCUT2D eigenvalue weighted by molar-refractivity contribution is 14.1. The van der Waals surface area contributed by atoms with Crippen LogP contribution >= 0.6 is 22.6 Å². The van der Waals surface area contributed by atoms with Crippen LogP contribution in [0.3, 0.4) is 0 Å². The molecule has 0 aromatic carbocycles. The highest BCUT2D eigenvalue weighted by Crippen LogP contribution is 2.07. The summed E-state index contributed by atoms with van der Waals surface area (Å²) in [5, 5.41) is 4.16. The minimum atomic E-state index is 0.855. The molecule has 0 N–H and O–H groups in total. The summed E-state index contributed by atoms with van der Waals surface area (Å²) in [5.41, 5.74) is 1.16. The second-order valence-corrected chi connectivity index (χ2v) is 4.04. The van der Waals surface area contributed by atoms with Gasteiger partial charge in [-0.3, -0.25) is 0 Å². The lowest BCUT2D eigenvalue weighted by molar-refractivity contribution is 0.845. The second-order valence-electron chi connectivity index (χ2n) is 2.80. The Kier molecular flexibility index (Phi) is 2.30. The molecule has 2 heterocycles. The van der Waals surface area contributed by atoms with Gasteiger partial charge in [-0.1, -0.05) is 6.07 Å². The Labute approximate surface area is 89.9 Å². The molecule has 0 aliphatic carbocycles. The van der Waals surface area contributed by atoms with Crippen molar-refractivity contribution in [2.75, 3.05) is 0 Å². The molecule has 2 aromatic rings. The number of aromatic nitrogens is 3. The fourth-order valence-corrected chi connectivity index (χ4v) is 1.41.